The van der Waals surface area contributed by atoms with E-state index >= 15 is 0 Å². The van der Waals surface area contributed by atoms with Crippen LogP contribution in [0.2, 0.25) is 0 Å². The summed E-state index contributed by atoms with van der Waals surface area (Å²) in [6, 6.07) is 1.51. The molecule has 1 fully saturated rings. The summed E-state index contributed by atoms with van der Waals surface area (Å²) in [5.74, 6) is -1.54. The summed E-state index contributed by atoms with van der Waals surface area (Å²) in [6.45, 7) is 2.54. The molecule has 2 heterocycles. The summed E-state index contributed by atoms with van der Waals surface area (Å²) in [5.41, 5.74) is 0. The van der Waals surface area contributed by atoms with Crippen molar-refractivity contribution >= 4 is 29.5 Å². The van der Waals surface area contributed by atoms with Gasteiger partial charge in [0, 0.05) is 18.9 Å². The molecule has 9 heteroatoms. The van der Waals surface area contributed by atoms with Crippen LogP contribution >= 0.6 is 0 Å². The Labute approximate surface area is 125 Å². The molecule has 0 bridgehead atoms. The number of nitrogens with zero attached hydrogens (tertiary/aromatic N) is 2. The van der Waals surface area contributed by atoms with Crippen molar-refractivity contribution < 1.29 is 28.4 Å². The highest BCUT2D eigenvalue weighted by atomic mass is 16.5. The van der Waals surface area contributed by atoms with Gasteiger partial charge in [-0.15, -0.1) is 0 Å². The lowest BCUT2D eigenvalue weighted by molar-refractivity contribution is -0.158. The van der Waals surface area contributed by atoms with Crippen molar-refractivity contribution in [3.63, 3.8) is 0 Å². The number of carbonyl (C=O) groups is 4. The van der Waals surface area contributed by atoms with Crippen molar-refractivity contribution in [2.45, 2.75) is 32.8 Å². The van der Waals surface area contributed by atoms with E-state index in [-0.39, 0.29) is 18.7 Å². The van der Waals surface area contributed by atoms with Gasteiger partial charge < -0.3 is 14.6 Å². The fourth-order valence-corrected chi connectivity index (χ4v) is 1.87. The molecule has 3 amide bonds. The van der Waals surface area contributed by atoms with Crippen LogP contribution in [0.3, 0.4) is 0 Å². The normalized spacial score (nSPS) is 15.8. The molecule has 118 valence electrons. The lowest BCUT2D eigenvalue weighted by atomic mass is 10.3. The second kappa shape index (κ2) is 6.37. The van der Waals surface area contributed by atoms with Crippen molar-refractivity contribution in [2.24, 2.45) is 0 Å². The maximum absolute atomic E-state index is 11.8. The van der Waals surface area contributed by atoms with Crippen molar-refractivity contribution in [3.05, 3.63) is 11.8 Å². The number of esters is 1. The minimum absolute atomic E-state index is 0.0909. The average Bonchev–Trinajstić information content (AvgIpc) is 2.99. The van der Waals surface area contributed by atoms with Crippen LogP contribution in [-0.4, -0.2) is 46.4 Å². The zero-order valence-corrected chi connectivity index (χ0v) is 12.1. The zero-order chi connectivity index (χ0) is 16.3. The fourth-order valence-electron chi connectivity index (χ4n) is 1.87. The Balaban J connectivity index is 1.84. The van der Waals surface area contributed by atoms with E-state index in [4.69, 9.17) is 9.26 Å². The predicted octanol–water partition coefficient (Wildman–Crippen LogP) is 0.00222. The molecular formula is C13H15N3O6. The molecule has 0 unspecified atom stereocenters. The van der Waals surface area contributed by atoms with Crippen LogP contribution in [-0.2, 0) is 23.9 Å². The van der Waals surface area contributed by atoms with E-state index in [2.05, 4.69) is 10.5 Å². The number of anilines is 1. The number of hydrogen-bond donors (Lipinski definition) is 1. The molecule has 1 N–H and O–H groups in total. The molecule has 1 aromatic heterocycles. The summed E-state index contributed by atoms with van der Waals surface area (Å²) in [5, 5.41) is 5.99. The molecule has 1 aromatic rings. The van der Waals surface area contributed by atoms with E-state index in [0.29, 0.717) is 5.76 Å². The highest BCUT2D eigenvalue weighted by molar-refractivity contribution is 6.04. The van der Waals surface area contributed by atoms with Gasteiger partial charge in [0.25, 0.3) is 5.91 Å². The number of ether oxygens (including phenoxy) is 1. The standard InChI is InChI=1S/C13H15N3O6/c1-7-5-9(15-22-7)14-13(20)8(2)21-12(19)6-16-10(17)3-4-11(16)18/h5,8H,3-4,6H2,1-2H3,(H,14,15,20)/t8-/m1/s1. The van der Waals surface area contributed by atoms with Crippen LogP contribution in [0, 0.1) is 6.92 Å². The third-order valence-electron chi connectivity index (χ3n) is 3.00. The van der Waals surface area contributed by atoms with Crippen LogP contribution in [0.25, 0.3) is 0 Å². The zero-order valence-electron chi connectivity index (χ0n) is 12.1. The second-order valence-corrected chi connectivity index (χ2v) is 4.82. The van der Waals surface area contributed by atoms with Crippen LogP contribution in [0.4, 0.5) is 5.82 Å². The first-order chi connectivity index (χ1) is 10.4. The summed E-state index contributed by atoms with van der Waals surface area (Å²) < 4.78 is 9.68. The van der Waals surface area contributed by atoms with Crippen LogP contribution in [0.1, 0.15) is 25.5 Å². The molecule has 0 saturated carbocycles. The molecule has 1 atom stereocenters. The number of nitrogens with one attached hydrogen (secondary N) is 1. The molecule has 9 nitrogen and oxygen atoms in total. The Hall–Kier alpha value is -2.71. The molecule has 22 heavy (non-hydrogen) atoms. The van der Waals surface area contributed by atoms with Gasteiger partial charge in [-0.25, -0.2) is 0 Å². The van der Waals surface area contributed by atoms with E-state index in [1.807, 2.05) is 0 Å². The first-order valence-corrected chi connectivity index (χ1v) is 6.63. The summed E-state index contributed by atoms with van der Waals surface area (Å²) in [7, 11) is 0. The van der Waals surface area contributed by atoms with Gasteiger partial charge in [-0.2, -0.15) is 0 Å². The smallest absolute Gasteiger partial charge is 0.326 e. The second-order valence-electron chi connectivity index (χ2n) is 4.82. The quantitative estimate of drug-likeness (QED) is 0.600. The Morgan fingerprint density at radius 3 is 2.59 bits per heavy atom. The van der Waals surface area contributed by atoms with Gasteiger partial charge in [-0.1, -0.05) is 5.16 Å². The summed E-state index contributed by atoms with van der Waals surface area (Å²) >= 11 is 0. The molecule has 1 aliphatic heterocycles. The largest absolute Gasteiger partial charge is 0.451 e. The Kier molecular flexibility index (Phi) is 4.54. The SMILES string of the molecule is Cc1cc(NC(=O)[C@@H](C)OC(=O)CN2C(=O)CCC2=O)no1. The van der Waals surface area contributed by atoms with Gasteiger partial charge in [0.05, 0.1) is 0 Å². The van der Waals surface area contributed by atoms with E-state index in [1.165, 1.54) is 13.0 Å². The van der Waals surface area contributed by atoms with Crippen LogP contribution < -0.4 is 5.32 Å². The van der Waals surface area contributed by atoms with E-state index in [0.717, 1.165) is 4.90 Å². The maximum Gasteiger partial charge on any atom is 0.326 e. The number of hydrogen-bond acceptors (Lipinski definition) is 7. The lowest BCUT2D eigenvalue weighted by Crippen LogP contribution is -2.38. The number of likely N-dealkylation sites (tertiary alicyclic amines) is 1. The summed E-state index contributed by atoms with van der Waals surface area (Å²) in [6.07, 6.45) is -0.918. The van der Waals surface area contributed by atoms with Gasteiger partial charge in [-0.3, -0.25) is 24.1 Å². The highest BCUT2D eigenvalue weighted by Gasteiger charge is 2.31. The number of imide groups is 1. The van der Waals surface area contributed by atoms with Gasteiger partial charge in [0.15, 0.2) is 11.9 Å². The predicted molar refractivity (Wildman–Crippen MR) is 71.4 cm³/mol. The number of aromatic nitrogens is 1. The van der Waals surface area contributed by atoms with Gasteiger partial charge in [0.1, 0.15) is 12.3 Å². The first-order valence-electron chi connectivity index (χ1n) is 6.63. The van der Waals surface area contributed by atoms with Crippen molar-refractivity contribution in [3.8, 4) is 0 Å². The van der Waals surface area contributed by atoms with E-state index in [1.54, 1.807) is 6.92 Å². The third-order valence-corrected chi connectivity index (χ3v) is 3.00. The number of aryl methyl sites for hydroxylation is 1. The average molecular weight is 309 g/mol. The van der Waals surface area contributed by atoms with Crippen molar-refractivity contribution in [1.29, 1.82) is 0 Å². The van der Waals surface area contributed by atoms with Crippen molar-refractivity contribution in [2.75, 3.05) is 11.9 Å². The van der Waals surface area contributed by atoms with Crippen LogP contribution in [0.5, 0.6) is 0 Å². The minimum atomic E-state index is -1.10. The molecule has 1 saturated heterocycles. The number of carbonyl (C=O) groups excluding carboxylic acids is 4. The van der Waals surface area contributed by atoms with Gasteiger partial charge in [-0.05, 0) is 13.8 Å². The maximum atomic E-state index is 11.8. The van der Waals surface area contributed by atoms with Gasteiger partial charge >= 0.3 is 5.97 Å². The molecule has 1 aliphatic rings. The summed E-state index contributed by atoms with van der Waals surface area (Å²) in [4.78, 5) is 47.1. The lowest BCUT2D eigenvalue weighted by Gasteiger charge is -2.16. The molecule has 2 rings (SSSR count). The first kappa shape index (κ1) is 15.7. The molecule has 0 radical (unpaired) electrons. The van der Waals surface area contributed by atoms with E-state index in [9.17, 15) is 19.2 Å². The Bertz CT molecular complexity index is 607. The molecule has 0 aromatic carbocycles. The Morgan fingerprint density at radius 2 is 2.05 bits per heavy atom. The van der Waals surface area contributed by atoms with Crippen molar-refractivity contribution in [1.82, 2.24) is 10.1 Å². The Morgan fingerprint density at radius 1 is 1.41 bits per heavy atom. The number of rotatable bonds is 5. The van der Waals surface area contributed by atoms with Gasteiger partial charge in [0.2, 0.25) is 11.8 Å². The highest BCUT2D eigenvalue weighted by Crippen LogP contribution is 2.12. The number of amides is 3. The van der Waals surface area contributed by atoms with Crippen LogP contribution in [0.15, 0.2) is 10.6 Å². The van der Waals surface area contributed by atoms with E-state index < -0.39 is 36.3 Å². The monoisotopic (exact) mass is 309 g/mol. The molecular weight excluding hydrogens is 294 g/mol. The third kappa shape index (κ3) is 3.68. The minimum Gasteiger partial charge on any atom is -0.451 e. The fraction of sp³-hybridized carbons (Fsp3) is 0.462. The molecule has 0 aliphatic carbocycles. The topological polar surface area (TPSA) is 119 Å². The molecule has 0 spiro atoms.